The molecule has 1 aliphatic carbocycles. The van der Waals surface area contributed by atoms with Gasteiger partial charge in [-0.05, 0) is 30.6 Å². The fourth-order valence-electron chi connectivity index (χ4n) is 4.07. The van der Waals surface area contributed by atoms with Crippen LogP contribution in [0, 0.1) is 17.8 Å². The molecule has 0 amide bonds. The van der Waals surface area contributed by atoms with Crippen LogP contribution in [0.25, 0.3) is 0 Å². The summed E-state index contributed by atoms with van der Waals surface area (Å²) in [6.45, 7) is 7.43. The summed E-state index contributed by atoms with van der Waals surface area (Å²) in [5.41, 5.74) is -0.450. The second-order valence-electron chi connectivity index (χ2n) is 6.77. The van der Waals surface area contributed by atoms with Crippen molar-refractivity contribution in [1.82, 2.24) is 0 Å². The van der Waals surface area contributed by atoms with Gasteiger partial charge in [0.2, 0.25) is 0 Å². The zero-order valence-electron chi connectivity index (χ0n) is 12.3. The number of aliphatic hydroxyl groups is 1. The highest BCUT2D eigenvalue weighted by atomic mass is 16.5. The number of hydrogen-bond donors (Lipinski definition) is 1. The lowest BCUT2D eigenvalue weighted by molar-refractivity contribution is -0.158. The van der Waals surface area contributed by atoms with Crippen molar-refractivity contribution >= 4 is 0 Å². The first-order valence-electron chi connectivity index (χ1n) is 7.91. The van der Waals surface area contributed by atoms with E-state index >= 15 is 0 Å². The van der Waals surface area contributed by atoms with Crippen LogP contribution in [-0.4, -0.2) is 23.4 Å². The average molecular weight is 254 g/mol. The van der Waals surface area contributed by atoms with Gasteiger partial charge in [-0.1, -0.05) is 46.5 Å². The quantitative estimate of drug-likeness (QED) is 0.830. The molecule has 106 valence electrons. The van der Waals surface area contributed by atoms with Crippen LogP contribution in [-0.2, 0) is 4.74 Å². The third-order valence-electron chi connectivity index (χ3n) is 5.29. The molecular weight excluding hydrogens is 224 g/mol. The van der Waals surface area contributed by atoms with Gasteiger partial charge in [0.05, 0.1) is 11.7 Å². The largest absolute Gasteiger partial charge is 0.389 e. The van der Waals surface area contributed by atoms with E-state index in [0.717, 1.165) is 25.4 Å². The zero-order chi connectivity index (χ0) is 13.2. The summed E-state index contributed by atoms with van der Waals surface area (Å²) in [6.07, 6.45) is 8.37. The summed E-state index contributed by atoms with van der Waals surface area (Å²) < 4.78 is 5.83. The number of ether oxygens (including phenoxy) is 1. The number of rotatable bonds is 3. The van der Waals surface area contributed by atoms with Crippen molar-refractivity contribution in [2.75, 3.05) is 6.61 Å². The summed E-state index contributed by atoms with van der Waals surface area (Å²) in [5.74, 6) is 1.76. The summed E-state index contributed by atoms with van der Waals surface area (Å²) in [7, 11) is 0. The summed E-state index contributed by atoms with van der Waals surface area (Å²) >= 11 is 0. The standard InChI is InChI=1S/C16H30O2/c1-4-13-7-5-6-8-14(13)16(17)9-10-18-15(11-16)12(2)3/h12-15,17H,4-11H2,1-3H3. The third-order valence-corrected chi connectivity index (χ3v) is 5.29. The smallest absolute Gasteiger partial charge is 0.0725 e. The van der Waals surface area contributed by atoms with Gasteiger partial charge in [-0.15, -0.1) is 0 Å². The van der Waals surface area contributed by atoms with E-state index in [1.54, 1.807) is 0 Å². The van der Waals surface area contributed by atoms with Gasteiger partial charge in [-0.25, -0.2) is 0 Å². The summed E-state index contributed by atoms with van der Waals surface area (Å²) in [4.78, 5) is 0. The fourth-order valence-corrected chi connectivity index (χ4v) is 4.07. The van der Waals surface area contributed by atoms with Gasteiger partial charge in [0.1, 0.15) is 0 Å². The normalized spacial score (nSPS) is 42.2. The van der Waals surface area contributed by atoms with Crippen molar-refractivity contribution in [3.05, 3.63) is 0 Å². The molecule has 0 aromatic carbocycles. The lowest BCUT2D eigenvalue weighted by Crippen LogP contribution is -2.50. The van der Waals surface area contributed by atoms with Crippen molar-refractivity contribution in [2.24, 2.45) is 17.8 Å². The highest BCUT2D eigenvalue weighted by molar-refractivity contribution is 4.96. The Morgan fingerprint density at radius 2 is 2.00 bits per heavy atom. The van der Waals surface area contributed by atoms with Crippen LogP contribution in [0.4, 0.5) is 0 Å². The van der Waals surface area contributed by atoms with E-state index in [1.807, 2.05) is 0 Å². The molecule has 1 saturated heterocycles. The molecule has 4 unspecified atom stereocenters. The predicted molar refractivity (Wildman–Crippen MR) is 74.5 cm³/mol. The minimum atomic E-state index is -0.450. The van der Waals surface area contributed by atoms with Crippen molar-refractivity contribution in [3.8, 4) is 0 Å². The molecule has 2 fully saturated rings. The first-order chi connectivity index (χ1) is 8.57. The second-order valence-corrected chi connectivity index (χ2v) is 6.77. The van der Waals surface area contributed by atoms with Gasteiger partial charge in [0, 0.05) is 13.0 Å². The van der Waals surface area contributed by atoms with E-state index in [4.69, 9.17) is 4.74 Å². The van der Waals surface area contributed by atoms with Gasteiger partial charge < -0.3 is 9.84 Å². The molecule has 0 spiro atoms. The topological polar surface area (TPSA) is 29.5 Å². The Balaban J connectivity index is 2.08. The molecule has 0 aromatic heterocycles. The van der Waals surface area contributed by atoms with Gasteiger partial charge in [0.15, 0.2) is 0 Å². The van der Waals surface area contributed by atoms with Crippen molar-refractivity contribution < 1.29 is 9.84 Å². The third kappa shape index (κ3) is 2.91. The maximum absolute atomic E-state index is 11.1. The van der Waals surface area contributed by atoms with E-state index in [-0.39, 0.29) is 6.10 Å². The van der Waals surface area contributed by atoms with Gasteiger partial charge >= 0.3 is 0 Å². The first-order valence-corrected chi connectivity index (χ1v) is 7.91. The maximum atomic E-state index is 11.1. The molecule has 1 saturated carbocycles. The van der Waals surface area contributed by atoms with Crippen LogP contribution in [0.1, 0.15) is 65.7 Å². The number of hydrogen-bond acceptors (Lipinski definition) is 2. The Kier molecular flexibility index (Phi) is 4.71. The SMILES string of the molecule is CCC1CCCCC1C1(O)CCOC(C(C)C)C1. The fraction of sp³-hybridized carbons (Fsp3) is 1.00. The van der Waals surface area contributed by atoms with Crippen LogP contribution < -0.4 is 0 Å². The van der Waals surface area contributed by atoms with E-state index in [0.29, 0.717) is 11.8 Å². The first kappa shape index (κ1) is 14.3. The van der Waals surface area contributed by atoms with E-state index in [1.165, 1.54) is 32.1 Å². The second kappa shape index (κ2) is 5.92. The van der Waals surface area contributed by atoms with Crippen LogP contribution in [0.5, 0.6) is 0 Å². The molecule has 0 radical (unpaired) electrons. The molecule has 1 heterocycles. The predicted octanol–water partition coefficient (Wildman–Crippen LogP) is 3.77. The lowest BCUT2D eigenvalue weighted by atomic mass is 9.65. The lowest BCUT2D eigenvalue weighted by Gasteiger charge is -2.47. The molecule has 4 atom stereocenters. The minimum absolute atomic E-state index is 0.253. The van der Waals surface area contributed by atoms with Crippen LogP contribution in [0.2, 0.25) is 0 Å². The Labute approximate surface area is 112 Å². The van der Waals surface area contributed by atoms with Crippen molar-refractivity contribution in [1.29, 1.82) is 0 Å². The molecule has 2 aliphatic rings. The zero-order valence-corrected chi connectivity index (χ0v) is 12.3. The molecule has 2 nitrogen and oxygen atoms in total. The molecule has 2 rings (SSSR count). The molecule has 2 heteroatoms. The maximum Gasteiger partial charge on any atom is 0.0725 e. The van der Waals surface area contributed by atoms with E-state index < -0.39 is 5.60 Å². The van der Waals surface area contributed by atoms with Crippen molar-refractivity contribution in [3.63, 3.8) is 0 Å². The Morgan fingerprint density at radius 1 is 1.28 bits per heavy atom. The minimum Gasteiger partial charge on any atom is -0.389 e. The van der Waals surface area contributed by atoms with E-state index in [2.05, 4.69) is 20.8 Å². The highest BCUT2D eigenvalue weighted by Crippen LogP contribution is 2.45. The van der Waals surface area contributed by atoms with E-state index in [9.17, 15) is 5.11 Å². The van der Waals surface area contributed by atoms with Gasteiger partial charge in [-0.3, -0.25) is 0 Å². The Bertz CT molecular complexity index is 264. The average Bonchev–Trinajstić information content (AvgIpc) is 2.38. The van der Waals surface area contributed by atoms with Crippen LogP contribution in [0.3, 0.4) is 0 Å². The molecule has 1 N–H and O–H groups in total. The van der Waals surface area contributed by atoms with Crippen LogP contribution >= 0.6 is 0 Å². The monoisotopic (exact) mass is 254 g/mol. The molecule has 0 bridgehead atoms. The molecule has 1 aliphatic heterocycles. The van der Waals surface area contributed by atoms with Gasteiger partial charge in [0.25, 0.3) is 0 Å². The summed E-state index contributed by atoms with van der Waals surface area (Å²) in [6, 6.07) is 0. The molecular formula is C16H30O2. The molecule has 0 aromatic rings. The Hall–Kier alpha value is -0.0800. The van der Waals surface area contributed by atoms with Crippen molar-refractivity contribution in [2.45, 2.75) is 77.4 Å². The Morgan fingerprint density at radius 3 is 2.67 bits per heavy atom. The summed E-state index contributed by atoms with van der Waals surface area (Å²) in [5, 5.41) is 11.1. The highest BCUT2D eigenvalue weighted by Gasteiger charge is 2.45. The van der Waals surface area contributed by atoms with Gasteiger partial charge in [-0.2, -0.15) is 0 Å². The molecule has 18 heavy (non-hydrogen) atoms. The van der Waals surface area contributed by atoms with Crippen LogP contribution in [0.15, 0.2) is 0 Å².